The Bertz CT molecular complexity index is 780. The monoisotopic (exact) mass is 262 g/mol. The number of rotatable bonds is 2. The topological polar surface area (TPSA) is 36.7 Å². The number of benzene rings is 1. The third-order valence-electron chi connectivity index (χ3n) is 2.85. The van der Waals surface area contributed by atoms with Crippen LogP contribution in [0.4, 0.5) is 0 Å². The molecule has 1 aromatic carbocycles. The summed E-state index contributed by atoms with van der Waals surface area (Å²) in [6.45, 7) is 0. The van der Waals surface area contributed by atoms with E-state index in [0.717, 1.165) is 16.5 Å². The lowest BCUT2D eigenvalue weighted by molar-refractivity contribution is 1.35. The number of allylic oxidation sites excluding steroid dienone is 1. The van der Waals surface area contributed by atoms with Gasteiger partial charge < -0.3 is 0 Å². The van der Waals surface area contributed by atoms with Crippen LogP contribution in [0.5, 0.6) is 0 Å². The maximum absolute atomic E-state index is 9.30. The molecule has 19 heavy (non-hydrogen) atoms. The van der Waals surface area contributed by atoms with Crippen molar-refractivity contribution in [2.75, 3.05) is 0 Å². The van der Waals surface area contributed by atoms with Gasteiger partial charge in [-0.2, -0.15) is 16.6 Å². The number of aromatic nitrogens is 1. The lowest BCUT2D eigenvalue weighted by Gasteiger charge is -2.01. The molecule has 2 heterocycles. The van der Waals surface area contributed by atoms with Crippen LogP contribution in [0.2, 0.25) is 0 Å². The van der Waals surface area contributed by atoms with E-state index in [2.05, 4.69) is 11.1 Å². The van der Waals surface area contributed by atoms with Crippen molar-refractivity contribution >= 4 is 33.9 Å². The SMILES string of the molecule is N#CC(=Cc1ccsc1)c1ccc2ccccc2n1. The highest BCUT2D eigenvalue weighted by molar-refractivity contribution is 7.08. The molecule has 3 rings (SSSR count). The molecule has 0 saturated heterocycles. The summed E-state index contributed by atoms with van der Waals surface area (Å²) in [5, 5.41) is 14.4. The van der Waals surface area contributed by atoms with Crippen molar-refractivity contribution in [1.29, 1.82) is 5.26 Å². The van der Waals surface area contributed by atoms with Gasteiger partial charge in [0.15, 0.2) is 0 Å². The second kappa shape index (κ2) is 5.05. The average Bonchev–Trinajstić information content (AvgIpc) is 2.97. The molecule has 0 spiro atoms. The fourth-order valence-corrected chi connectivity index (χ4v) is 2.52. The molecule has 0 amide bonds. The molecule has 0 aliphatic rings. The zero-order valence-corrected chi connectivity index (χ0v) is 10.9. The van der Waals surface area contributed by atoms with Gasteiger partial charge >= 0.3 is 0 Å². The zero-order valence-electron chi connectivity index (χ0n) is 10.1. The third kappa shape index (κ3) is 2.40. The fourth-order valence-electron chi connectivity index (χ4n) is 1.90. The van der Waals surface area contributed by atoms with Gasteiger partial charge in [0.05, 0.1) is 16.8 Å². The van der Waals surface area contributed by atoms with Crippen LogP contribution in [0.15, 0.2) is 53.2 Å². The minimum absolute atomic E-state index is 0.587. The molecule has 0 fully saturated rings. The zero-order chi connectivity index (χ0) is 13.1. The molecule has 3 aromatic rings. The van der Waals surface area contributed by atoms with Gasteiger partial charge in [-0.25, -0.2) is 4.98 Å². The molecule has 90 valence electrons. The first-order valence-corrected chi connectivity index (χ1v) is 6.81. The van der Waals surface area contributed by atoms with Crippen LogP contribution in [-0.4, -0.2) is 4.98 Å². The largest absolute Gasteiger partial charge is 0.247 e. The summed E-state index contributed by atoms with van der Waals surface area (Å²) in [5.41, 5.74) is 3.25. The molecular weight excluding hydrogens is 252 g/mol. The van der Waals surface area contributed by atoms with Crippen LogP contribution in [0, 0.1) is 11.3 Å². The van der Waals surface area contributed by atoms with Crippen LogP contribution in [0.3, 0.4) is 0 Å². The number of thiophene rings is 1. The van der Waals surface area contributed by atoms with Crippen molar-refractivity contribution in [3.63, 3.8) is 0 Å². The smallest absolute Gasteiger partial charge is 0.101 e. The van der Waals surface area contributed by atoms with Gasteiger partial charge in [0.25, 0.3) is 0 Å². The van der Waals surface area contributed by atoms with E-state index in [1.54, 1.807) is 11.3 Å². The number of hydrogen-bond acceptors (Lipinski definition) is 3. The molecule has 2 aromatic heterocycles. The maximum Gasteiger partial charge on any atom is 0.101 e. The third-order valence-corrected chi connectivity index (χ3v) is 3.55. The predicted octanol–water partition coefficient (Wildman–Crippen LogP) is 4.36. The summed E-state index contributed by atoms with van der Waals surface area (Å²) in [4.78, 5) is 4.54. The van der Waals surface area contributed by atoms with E-state index in [0.29, 0.717) is 11.3 Å². The normalized spacial score (nSPS) is 11.4. The van der Waals surface area contributed by atoms with E-state index < -0.39 is 0 Å². The Balaban J connectivity index is 2.10. The minimum Gasteiger partial charge on any atom is -0.247 e. The van der Waals surface area contributed by atoms with Gasteiger partial charge in [-0.15, -0.1) is 0 Å². The summed E-state index contributed by atoms with van der Waals surface area (Å²) >= 11 is 1.62. The molecule has 0 radical (unpaired) electrons. The van der Waals surface area contributed by atoms with E-state index >= 15 is 0 Å². The van der Waals surface area contributed by atoms with Crippen LogP contribution in [0.1, 0.15) is 11.3 Å². The molecular formula is C16H10N2S. The van der Waals surface area contributed by atoms with Crippen molar-refractivity contribution in [3.8, 4) is 6.07 Å². The Morgan fingerprint density at radius 1 is 1.16 bits per heavy atom. The van der Waals surface area contributed by atoms with Crippen LogP contribution in [-0.2, 0) is 0 Å². The Morgan fingerprint density at radius 2 is 2.05 bits per heavy atom. The number of pyridine rings is 1. The van der Waals surface area contributed by atoms with Crippen LogP contribution in [0.25, 0.3) is 22.6 Å². The first-order chi connectivity index (χ1) is 9.36. The van der Waals surface area contributed by atoms with Gasteiger partial charge in [0.1, 0.15) is 6.07 Å². The second-order valence-electron chi connectivity index (χ2n) is 4.12. The van der Waals surface area contributed by atoms with Crippen LogP contribution >= 0.6 is 11.3 Å². The standard InChI is InChI=1S/C16H10N2S/c17-10-14(9-12-7-8-19-11-12)16-6-5-13-3-1-2-4-15(13)18-16/h1-9,11H. The van der Waals surface area contributed by atoms with Crippen molar-refractivity contribution in [3.05, 3.63) is 64.5 Å². The van der Waals surface area contributed by atoms with Gasteiger partial charge in [0, 0.05) is 5.39 Å². The minimum atomic E-state index is 0.587. The molecule has 0 aliphatic heterocycles. The number of fused-ring (bicyclic) bond motifs is 1. The van der Waals surface area contributed by atoms with Crippen molar-refractivity contribution in [1.82, 2.24) is 4.98 Å². The first-order valence-electron chi connectivity index (χ1n) is 5.87. The highest BCUT2D eigenvalue weighted by Gasteiger charge is 2.04. The Hall–Kier alpha value is -2.44. The summed E-state index contributed by atoms with van der Waals surface area (Å²) in [7, 11) is 0. The fraction of sp³-hybridized carbons (Fsp3) is 0. The predicted molar refractivity (Wildman–Crippen MR) is 79.5 cm³/mol. The molecule has 0 saturated carbocycles. The van der Waals surface area contributed by atoms with Gasteiger partial charge in [-0.1, -0.05) is 24.3 Å². The van der Waals surface area contributed by atoms with Crippen LogP contribution < -0.4 is 0 Å². The van der Waals surface area contributed by atoms with Gasteiger partial charge in [-0.3, -0.25) is 0 Å². The summed E-state index contributed by atoms with van der Waals surface area (Å²) < 4.78 is 0. The molecule has 0 N–H and O–H groups in total. The lowest BCUT2D eigenvalue weighted by atomic mass is 10.1. The lowest BCUT2D eigenvalue weighted by Crippen LogP contribution is -1.88. The first kappa shape index (κ1) is 11.6. The number of nitrogens with zero attached hydrogens (tertiary/aromatic N) is 2. The van der Waals surface area contributed by atoms with E-state index in [4.69, 9.17) is 0 Å². The molecule has 2 nitrogen and oxygen atoms in total. The maximum atomic E-state index is 9.30. The van der Waals surface area contributed by atoms with Gasteiger partial charge in [0.2, 0.25) is 0 Å². The van der Waals surface area contributed by atoms with Crippen molar-refractivity contribution in [2.24, 2.45) is 0 Å². The Kier molecular flexibility index (Phi) is 3.09. The summed E-state index contributed by atoms with van der Waals surface area (Å²) in [6.07, 6.45) is 1.87. The van der Waals surface area contributed by atoms with Crippen molar-refractivity contribution < 1.29 is 0 Å². The molecule has 0 atom stereocenters. The summed E-state index contributed by atoms with van der Waals surface area (Å²) in [5.74, 6) is 0. The van der Waals surface area contributed by atoms with Crippen molar-refractivity contribution in [2.45, 2.75) is 0 Å². The number of hydrogen-bond donors (Lipinski definition) is 0. The second-order valence-corrected chi connectivity index (χ2v) is 4.90. The quantitative estimate of drug-likeness (QED) is 0.643. The Labute approximate surface area is 115 Å². The highest BCUT2D eigenvalue weighted by atomic mass is 32.1. The number of nitriles is 1. The van der Waals surface area contributed by atoms with E-state index in [-0.39, 0.29) is 0 Å². The number of para-hydroxylation sites is 1. The van der Waals surface area contributed by atoms with E-state index in [1.807, 2.05) is 59.3 Å². The summed E-state index contributed by atoms with van der Waals surface area (Å²) in [6, 6.07) is 16.0. The molecule has 0 unspecified atom stereocenters. The van der Waals surface area contributed by atoms with E-state index in [1.165, 1.54) is 0 Å². The molecule has 0 aliphatic carbocycles. The average molecular weight is 262 g/mol. The Morgan fingerprint density at radius 3 is 2.84 bits per heavy atom. The van der Waals surface area contributed by atoms with Gasteiger partial charge in [-0.05, 0) is 40.6 Å². The molecule has 3 heteroatoms. The molecule has 0 bridgehead atoms. The van der Waals surface area contributed by atoms with E-state index in [9.17, 15) is 5.26 Å². The highest BCUT2D eigenvalue weighted by Crippen LogP contribution is 2.20.